The summed E-state index contributed by atoms with van der Waals surface area (Å²) >= 11 is 11.1. The summed E-state index contributed by atoms with van der Waals surface area (Å²) in [5.74, 6) is -2.37. The molecule has 10 nitrogen and oxygen atoms in total. The van der Waals surface area contributed by atoms with Crippen molar-refractivity contribution in [1.29, 1.82) is 0 Å². The number of hydrogen-bond acceptors (Lipinski definition) is 6. The van der Waals surface area contributed by atoms with Gasteiger partial charge in [-0.2, -0.15) is 0 Å². The molecular weight excluding hydrogens is 603 g/mol. The molecule has 0 saturated heterocycles. The predicted octanol–water partition coefficient (Wildman–Crippen LogP) is 3.64. The van der Waals surface area contributed by atoms with Crippen LogP contribution in [0.3, 0.4) is 0 Å². The lowest BCUT2D eigenvalue weighted by Gasteiger charge is -2.41. The molecule has 0 radical (unpaired) electrons. The Kier molecular flexibility index (Phi) is 10.9. The van der Waals surface area contributed by atoms with E-state index >= 15 is 0 Å². The molecule has 228 valence electrons. The highest BCUT2D eigenvalue weighted by atomic mass is 35.5. The number of alkyl halides is 2. The normalized spacial score (nSPS) is 15.1. The van der Waals surface area contributed by atoms with Gasteiger partial charge in [0.2, 0.25) is 11.8 Å². The number of aromatic nitrogens is 2. The van der Waals surface area contributed by atoms with Gasteiger partial charge in [0.15, 0.2) is 0 Å². The minimum Gasteiger partial charge on any atom is -0.351 e. The summed E-state index contributed by atoms with van der Waals surface area (Å²) in [7, 11) is 0. The minimum atomic E-state index is -1.34. The van der Waals surface area contributed by atoms with Crippen molar-refractivity contribution in [2.75, 3.05) is 11.8 Å². The van der Waals surface area contributed by atoms with Crippen molar-refractivity contribution in [2.45, 2.75) is 32.6 Å². The van der Waals surface area contributed by atoms with Gasteiger partial charge in [-0.25, -0.2) is 0 Å². The smallest absolute Gasteiger partial charge is 0.271 e. The zero-order valence-electron chi connectivity index (χ0n) is 24.2. The van der Waals surface area contributed by atoms with Gasteiger partial charge in [0.05, 0.1) is 0 Å². The fraction of sp³-hybridized carbons (Fsp3) is 0.250. The van der Waals surface area contributed by atoms with Crippen molar-refractivity contribution in [2.24, 2.45) is 5.92 Å². The third kappa shape index (κ3) is 7.89. The molecule has 2 aromatic heterocycles. The second-order valence-electron chi connectivity index (χ2n) is 10.2. The average Bonchev–Trinajstić information content (AvgIpc) is 3.04. The second-order valence-corrected chi connectivity index (χ2v) is 10.8. The fourth-order valence-corrected chi connectivity index (χ4v) is 4.90. The van der Waals surface area contributed by atoms with E-state index in [1.807, 2.05) is 44.2 Å². The van der Waals surface area contributed by atoms with E-state index in [-0.39, 0.29) is 48.1 Å². The topological polar surface area (TPSA) is 142 Å². The van der Waals surface area contributed by atoms with E-state index in [1.165, 1.54) is 12.4 Å². The van der Waals surface area contributed by atoms with Gasteiger partial charge in [-0.15, -0.1) is 23.2 Å². The van der Waals surface area contributed by atoms with E-state index in [2.05, 4.69) is 31.2 Å². The molecule has 1 unspecified atom stereocenters. The van der Waals surface area contributed by atoms with Gasteiger partial charge in [-0.05, 0) is 53.0 Å². The molecule has 1 aliphatic carbocycles. The van der Waals surface area contributed by atoms with Crippen LogP contribution in [-0.2, 0) is 22.7 Å². The average molecular weight is 636 g/mol. The molecule has 0 spiro atoms. The Morgan fingerprint density at radius 2 is 1.32 bits per heavy atom. The van der Waals surface area contributed by atoms with Crippen molar-refractivity contribution in [1.82, 2.24) is 31.2 Å². The number of allylic oxidation sites excluding steroid dienone is 2. The minimum absolute atomic E-state index is 0.125. The maximum absolute atomic E-state index is 13.6. The summed E-state index contributed by atoms with van der Waals surface area (Å²) in [4.78, 5) is 58.7. The summed E-state index contributed by atoms with van der Waals surface area (Å²) in [6, 6.07) is 14.3. The second kappa shape index (κ2) is 14.8. The molecular formula is C32H32Cl2N6O4. The van der Waals surface area contributed by atoms with Gasteiger partial charge in [0, 0.05) is 31.4 Å². The van der Waals surface area contributed by atoms with Crippen molar-refractivity contribution in [3.63, 3.8) is 0 Å². The molecule has 0 aliphatic heterocycles. The predicted molar refractivity (Wildman–Crippen MR) is 169 cm³/mol. The first kappa shape index (κ1) is 32.4. The molecule has 4 amide bonds. The molecule has 1 aliphatic rings. The van der Waals surface area contributed by atoms with Crippen LogP contribution >= 0.6 is 23.2 Å². The molecule has 1 aromatic carbocycles. The Morgan fingerprint density at radius 3 is 1.77 bits per heavy atom. The first-order chi connectivity index (χ1) is 21.2. The van der Waals surface area contributed by atoms with E-state index in [9.17, 15) is 19.2 Å². The molecule has 4 rings (SSSR count). The van der Waals surface area contributed by atoms with Crippen LogP contribution in [0.2, 0.25) is 0 Å². The SMILES string of the molecule is Cc1ccccc1C1=CC=CC(NC(=O)c2ccc(CNC(=O)CCl)cn2)(NC(=O)c2ccc(CNC(=O)CCl)cn2)C1C. The van der Waals surface area contributed by atoms with Gasteiger partial charge in [-0.1, -0.05) is 55.5 Å². The summed E-state index contributed by atoms with van der Waals surface area (Å²) in [6.45, 7) is 4.36. The van der Waals surface area contributed by atoms with Gasteiger partial charge >= 0.3 is 0 Å². The van der Waals surface area contributed by atoms with Crippen LogP contribution < -0.4 is 21.3 Å². The lowest BCUT2D eigenvalue weighted by Crippen LogP contribution is -2.64. The van der Waals surface area contributed by atoms with Crippen LogP contribution in [0.15, 0.2) is 79.2 Å². The molecule has 2 heterocycles. The lowest BCUT2D eigenvalue weighted by molar-refractivity contribution is -0.119. The van der Waals surface area contributed by atoms with Crippen LogP contribution in [0.4, 0.5) is 0 Å². The van der Waals surface area contributed by atoms with Crippen LogP contribution in [0.25, 0.3) is 5.57 Å². The first-order valence-corrected chi connectivity index (χ1v) is 14.9. The highest BCUT2D eigenvalue weighted by Crippen LogP contribution is 2.36. The number of halogens is 2. The standard InChI is InChI=1S/C32H32Cl2N6O4/c1-20-6-3-4-7-24(20)25-8-5-13-32(21(25)2,39-30(43)26-11-9-22(16-35-26)18-37-28(41)14-33)40-31(44)27-12-10-23(17-36-27)19-38-29(42)15-34/h3-13,16-17,21H,14-15,18-19H2,1-2H3,(H,37,41)(H,38,42)(H,39,43)(H,40,44). The lowest BCUT2D eigenvalue weighted by atomic mass is 9.78. The third-order valence-electron chi connectivity index (χ3n) is 7.22. The fourth-order valence-electron chi connectivity index (χ4n) is 4.71. The summed E-state index contributed by atoms with van der Waals surface area (Å²) < 4.78 is 0. The largest absolute Gasteiger partial charge is 0.351 e. The van der Waals surface area contributed by atoms with E-state index in [0.29, 0.717) is 11.1 Å². The van der Waals surface area contributed by atoms with Crippen molar-refractivity contribution in [3.05, 3.63) is 113 Å². The number of rotatable bonds is 11. The van der Waals surface area contributed by atoms with Crippen molar-refractivity contribution < 1.29 is 19.2 Å². The zero-order chi connectivity index (χ0) is 31.7. The number of carbonyl (C=O) groups excluding carboxylic acids is 4. The quantitative estimate of drug-likeness (QED) is 0.187. The number of nitrogens with zero attached hydrogens (tertiary/aromatic N) is 2. The third-order valence-corrected chi connectivity index (χ3v) is 7.70. The number of pyridine rings is 2. The molecule has 0 bridgehead atoms. The Bertz CT molecular complexity index is 1510. The Balaban J connectivity index is 1.59. The molecule has 44 heavy (non-hydrogen) atoms. The maximum atomic E-state index is 13.6. The molecule has 1 atom stereocenters. The highest BCUT2D eigenvalue weighted by molar-refractivity contribution is 6.27. The number of benzene rings is 1. The monoisotopic (exact) mass is 634 g/mol. The number of hydrogen-bond donors (Lipinski definition) is 4. The van der Waals surface area contributed by atoms with Crippen LogP contribution in [0.1, 0.15) is 50.2 Å². The van der Waals surface area contributed by atoms with Gasteiger partial charge in [0.1, 0.15) is 28.8 Å². The molecule has 0 saturated carbocycles. The molecule has 12 heteroatoms. The Hall–Kier alpha value is -4.54. The Labute approximate surface area is 265 Å². The van der Waals surface area contributed by atoms with Gasteiger partial charge in [-0.3, -0.25) is 29.1 Å². The number of nitrogens with one attached hydrogen (secondary N) is 4. The van der Waals surface area contributed by atoms with Crippen LogP contribution in [0.5, 0.6) is 0 Å². The molecule has 4 N–H and O–H groups in total. The molecule has 0 fully saturated rings. The summed E-state index contributed by atoms with van der Waals surface area (Å²) in [5, 5.41) is 11.3. The number of carbonyl (C=O) groups is 4. The van der Waals surface area contributed by atoms with E-state index in [0.717, 1.165) is 16.7 Å². The molecule has 3 aromatic rings. The van der Waals surface area contributed by atoms with E-state index in [4.69, 9.17) is 23.2 Å². The van der Waals surface area contributed by atoms with E-state index in [1.54, 1.807) is 36.4 Å². The van der Waals surface area contributed by atoms with Crippen LogP contribution in [0, 0.1) is 12.8 Å². The summed E-state index contributed by atoms with van der Waals surface area (Å²) in [6.07, 6.45) is 8.49. The highest BCUT2D eigenvalue weighted by Gasteiger charge is 2.41. The van der Waals surface area contributed by atoms with E-state index < -0.39 is 23.4 Å². The van der Waals surface area contributed by atoms with Gasteiger partial charge < -0.3 is 21.3 Å². The van der Waals surface area contributed by atoms with Gasteiger partial charge in [0.25, 0.3) is 11.8 Å². The maximum Gasteiger partial charge on any atom is 0.271 e. The Morgan fingerprint density at radius 1 is 0.795 bits per heavy atom. The number of aryl methyl sites for hydroxylation is 1. The first-order valence-electron chi connectivity index (χ1n) is 13.8. The van der Waals surface area contributed by atoms with Crippen LogP contribution in [-0.4, -0.2) is 51.0 Å². The zero-order valence-corrected chi connectivity index (χ0v) is 25.7. The van der Waals surface area contributed by atoms with Crippen molar-refractivity contribution >= 4 is 52.4 Å². The van der Waals surface area contributed by atoms with Crippen molar-refractivity contribution in [3.8, 4) is 0 Å². The number of amides is 4. The summed E-state index contributed by atoms with van der Waals surface area (Å²) in [5.41, 5.74) is 3.24.